The Bertz CT molecular complexity index is 640. The lowest BCUT2D eigenvalue weighted by Crippen LogP contribution is -2.22. The maximum atomic E-state index is 13.9. The fourth-order valence-corrected chi connectivity index (χ4v) is 3.17. The van der Waals surface area contributed by atoms with Crippen LogP contribution in [0.15, 0.2) is 16.7 Å². The highest BCUT2D eigenvalue weighted by atomic mass is 79.9. The molecule has 2 aromatic rings. The summed E-state index contributed by atoms with van der Waals surface area (Å²) in [6.07, 6.45) is 1.63. The molecule has 0 amide bonds. The highest BCUT2D eigenvalue weighted by Gasteiger charge is 2.16. The van der Waals surface area contributed by atoms with Gasteiger partial charge in [-0.05, 0) is 22.0 Å². The zero-order chi connectivity index (χ0) is 15.6. The first-order valence-electron chi connectivity index (χ1n) is 6.79. The second-order valence-corrected chi connectivity index (χ2v) is 12.5. The van der Waals surface area contributed by atoms with Crippen molar-refractivity contribution in [1.82, 2.24) is 9.78 Å². The predicted octanol–water partition coefficient (Wildman–Crippen LogP) is 4.26. The number of aromatic nitrogens is 2. The van der Waals surface area contributed by atoms with E-state index in [1.807, 2.05) is 0 Å². The van der Waals surface area contributed by atoms with Crippen LogP contribution in [0.4, 0.5) is 4.39 Å². The van der Waals surface area contributed by atoms with Gasteiger partial charge in [-0.15, -0.1) is 0 Å². The maximum absolute atomic E-state index is 13.9. The molecule has 2 rings (SSSR count). The monoisotopic (exact) mass is 374 g/mol. The van der Waals surface area contributed by atoms with E-state index in [-0.39, 0.29) is 5.75 Å². The van der Waals surface area contributed by atoms with E-state index in [0.29, 0.717) is 16.6 Å². The third kappa shape index (κ3) is 3.84. The highest BCUT2D eigenvalue weighted by molar-refractivity contribution is 9.10. The van der Waals surface area contributed by atoms with Crippen LogP contribution in [0.3, 0.4) is 0 Å². The average molecular weight is 375 g/mol. The van der Waals surface area contributed by atoms with Gasteiger partial charge in [-0.1, -0.05) is 19.6 Å². The molecule has 0 bridgehead atoms. The molecule has 0 N–H and O–H groups in total. The van der Waals surface area contributed by atoms with E-state index in [0.717, 1.165) is 18.2 Å². The van der Waals surface area contributed by atoms with Gasteiger partial charge in [0.1, 0.15) is 6.73 Å². The van der Waals surface area contributed by atoms with E-state index >= 15 is 0 Å². The van der Waals surface area contributed by atoms with Crippen LogP contribution in [0, 0.1) is 5.82 Å². The summed E-state index contributed by atoms with van der Waals surface area (Å²) in [5.74, 6) is -0.220. The molecule has 116 valence electrons. The van der Waals surface area contributed by atoms with Gasteiger partial charge in [-0.3, -0.25) is 0 Å². The van der Waals surface area contributed by atoms with Gasteiger partial charge >= 0.3 is 0 Å². The molecule has 0 aliphatic heterocycles. The second-order valence-electron chi connectivity index (χ2n) is 6.13. The van der Waals surface area contributed by atoms with Crippen LogP contribution >= 0.6 is 15.9 Å². The van der Waals surface area contributed by atoms with Gasteiger partial charge in [0.25, 0.3) is 0 Å². The molecule has 0 fully saturated rings. The van der Waals surface area contributed by atoms with Crippen molar-refractivity contribution in [1.29, 1.82) is 0 Å². The molecule has 21 heavy (non-hydrogen) atoms. The third-order valence-corrected chi connectivity index (χ3v) is 5.70. The van der Waals surface area contributed by atoms with E-state index in [1.165, 1.54) is 7.11 Å². The molecule has 0 aliphatic carbocycles. The van der Waals surface area contributed by atoms with Crippen LogP contribution in [0.5, 0.6) is 5.75 Å². The predicted molar refractivity (Wildman–Crippen MR) is 88.0 cm³/mol. The molecule has 0 spiro atoms. The zero-order valence-electron chi connectivity index (χ0n) is 12.7. The normalized spacial score (nSPS) is 12.1. The van der Waals surface area contributed by atoms with Crippen molar-refractivity contribution in [2.24, 2.45) is 0 Å². The number of nitrogens with zero attached hydrogens (tertiary/aromatic N) is 2. The lowest BCUT2D eigenvalue weighted by molar-refractivity contribution is 0.0817. The number of fused-ring (bicyclic) bond motifs is 1. The molecule has 0 unspecified atom stereocenters. The number of benzene rings is 1. The maximum Gasteiger partial charge on any atom is 0.180 e. The summed E-state index contributed by atoms with van der Waals surface area (Å²) in [6, 6.07) is 2.75. The average Bonchev–Trinajstić information content (AvgIpc) is 2.81. The SMILES string of the molecule is COc1cc2c(cnn2COCC[Si](C)(C)C)c(Br)c1F. The summed E-state index contributed by atoms with van der Waals surface area (Å²) < 4.78 is 26.8. The minimum atomic E-state index is -1.10. The molecule has 0 aliphatic rings. The van der Waals surface area contributed by atoms with E-state index < -0.39 is 13.9 Å². The Morgan fingerprint density at radius 2 is 2.10 bits per heavy atom. The number of ether oxygens (including phenoxy) is 2. The van der Waals surface area contributed by atoms with E-state index in [4.69, 9.17) is 9.47 Å². The largest absolute Gasteiger partial charge is 0.494 e. The highest BCUT2D eigenvalue weighted by Crippen LogP contribution is 2.33. The summed E-state index contributed by atoms with van der Waals surface area (Å²) in [7, 11) is 0.350. The Labute approximate surface area is 133 Å². The Morgan fingerprint density at radius 1 is 1.38 bits per heavy atom. The van der Waals surface area contributed by atoms with E-state index in [9.17, 15) is 4.39 Å². The van der Waals surface area contributed by atoms with E-state index in [1.54, 1.807) is 16.9 Å². The number of halogens is 2. The summed E-state index contributed by atoms with van der Waals surface area (Å²) in [5.41, 5.74) is 0.785. The van der Waals surface area contributed by atoms with Crippen LogP contribution < -0.4 is 4.74 Å². The molecule has 1 heterocycles. The van der Waals surface area contributed by atoms with Crippen molar-refractivity contribution in [2.45, 2.75) is 32.4 Å². The van der Waals surface area contributed by atoms with Crippen molar-refractivity contribution in [3.8, 4) is 5.75 Å². The Kier molecular flexibility index (Phi) is 5.06. The van der Waals surface area contributed by atoms with Crippen LogP contribution in [0.25, 0.3) is 10.9 Å². The molecule has 1 aromatic carbocycles. The minimum Gasteiger partial charge on any atom is -0.494 e. The fourth-order valence-electron chi connectivity index (χ4n) is 1.91. The molecular weight excluding hydrogens is 355 g/mol. The number of hydrogen-bond donors (Lipinski definition) is 0. The fraction of sp³-hybridized carbons (Fsp3) is 0.500. The molecule has 0 saturated heterocycles. The summed E-state index contributed by atoms with van der Waals surface area (Å²) in [4.78, 5) is 0. The van der Waals surface area contributed by atoms with Crippen LogP contribution in [0.2, 0.25) is 25.7 Å². The molecule has 1 aromatic heterocycles. The minimum absolute atomic E-state index is 0.193. The first-order chi connectivity index (χ1) is 9.83. The first-order valence-corrected chi connectivity index (χ1v) is 11.3. The summed E-state index contributed by atoms with van der Waals surface area (Å²) in [5, 5.41) is 4.97. The van der Waals surface area contributed by atoms with Gasteiger partial charge in [0.15, 0.2) is 11.6 Å². The Hall–Kier alpha value is -0.923. The lowest BCUT2D eigenvalue weighted by atomic mass is 10.2. The van der Waals surface area contributed by atoms with Gasteiger partial charge < -0.3 is 9.47 Å². The number of rotatable bonds is 6. The topological polar surface area (TPSA) is 36.3 Å². The standard InChI is InChI=1S/C14H20BrFN2O2Si/c1-19-12-7-11-10(13(15)14(12)16)8-17-18(11)9-20-5-6-21(2,3)4/h7-8H,5-6,9H2,1-4H3. The second kappa shape index (κ2) is 6.45. The van der Waals surface area contributed by atoms with Crippen molar-refractivity contribution >= 4 is 34.9 Å². The molecule has 0 radical (unpaired) electrons. The quantitative estimate of drug-likeness (QED) is 0.559. The van der Waals surface area contributed by atoms with Crippen LogP contribution in [-0.4, -0.2) is 31.6 Å². The van der Waals surface area contributed by atoms with E-state index in [2.05, 4.69) is 40.7 Å². The lowest BCUT2D eigenvalue weighted by Gasteiger charge is -2.15. The van der Waals surface area contributed by atoms with Gasteiger partial charge in [-0.2, -0.15) is 5.10 Å². The molecule has 4 nitrogen and oxygen atoms in total. The van der Waals surface area contributed by atoms with Gasteiger partial charge in [0, 0.05) is 26.1 Å². The summed E-state index contributed by atoms with van der Waals surface area (Å²) >= 11 is 3.25. The smallest absolute Gasteiger partial charge is 0.180 e. The zero-order valence-corrected chi connectivity index (χ0v) is 15.3. The van der Waals surface area contributed by atoms with Gasteiger partial charge in [-0.25, -0.2) is 9.07 Å². The van der Waals surface area contributed by atoms with Crippen molar-refractivity contribution < 1.29 is 13.9 Å². The summed E-state index contributed by atoms with van der Waals surface area (Å²) in [6.45, 7) is 8.01. The first kappa shape index (κ1) is 16.4. The van der Waals surface area contributed by atoms with Crippen LogP contribution in [-0.2, 0) is 11.5 Å². The molecular formula is C14H20BrFN2O2Si. The third-order valence-electron chi connectivity index (χ3n) is 3.22. The van der Waals surface area contributed by atoms with Crippen LogP contribution in [0.1, 0.15) is 0 Å². The molecule has 0 atom stereocenters. The van der Waals surface area contributed by atoms with Crippen molar-refractivity contribution in [3.05, 3.63) is 22.6 Å². The Balaban J connectivity index is 2.16. The van der Waals surface area contributed by atoms with Crippen molar-refractivity contribution in [2.75, 3.05) is 13.7 Å². The molecule has 0 saturated carbocycles. The van der Waals surface area contributed by atoms with Crippen molar-refractivity contribution in [3.63, 3.8) is 0 Å². The Morgan fingerprint density at radius 3 is 2.71 bits per heavy atom. The van der Waals surface area contributed by atoms with Gasteiger partial charge in [0.2, 0.25) is 0 Å². The number of hydrogen-bond acceptors (Lipinski definition) is 3. The van der Waals surface area contributed by atoms with Gasteiger partial charge in [0.05, 0.1) is 23.3 Å². The number of methoxy groups -OCH3 is 1. The molecule has 7 heteroatoms.